The average molecular weight is 107 g/mol. The van der Waals surface area contributed by atoms with Crippen LogP contribution in [-0.4, -0.2) is 7.11 Å². The molecule has 1 rings (SSSR count). The maximum atomic E-state index is 4.89. The molecule has 41 valence electrons. The summed E-state index contributed by atoms with van der Waals surface area (Å²) in [6.07, 6.45) is 0. The summed E-state index contributed by atoms with van der Waals surface area (Å²) in [4.78, 5) is 0. The molecule has 1 aromatic carbocycles. The molecule has 1 radical (unpaired) electrons. The first kappa shape index (κ1) is 5.16. The van der Waals surface area contributed by atoms with Crippen molar-refractivity contribution in [2.45, 2.75) is 0 Å². The normalized spacial score (nSPS) is 8.62. The van der Waals surface area contributed by atoms with E-state index in [4.69, 9.17) is 4.74 Å². The van der Waals surface area contributed by atoms with Gasteiger partial charge < -0.3 is 4.74 Å². The van der Waals surface area contributed by atoms with Crippen LogP contribution in [0.4, 0.5) is 0 Å². The van der Waals surface area contributed by atoms with E-state index in [1.165, 1.54) is 0 Å². The number of hydrogen-bond acceptors (Lipinski definition) is 1. The van der Waals surface area contributed by atoms with E-state index in [-0.39, 0.29) is 0 Å². The predicted molar refractivity (Wildman–Crippen MR) is 31.8 cm³/mol. The lowest BCUT2D eigenvalue weighted by Gasteiger charge is -1.93. The van der Waals surface area contributed by atoms with Crippen LogP contribution >= 0.6 is 0 Å². The number of ether oxygens (including phenoxy) is 1. The van der Waals surface area contributed by atoms with Crippen molar-refractivity contribution in [3.05, 3.63) is 30.3 Å². The van der Waals surface area contributed by atoms with Crippen LogP contribution in [0.1, 0.15) is 0 Å². The van der Waals surface area contributed by atoms with E-state index in [1.54, 1.807) is 7.11 Å². The van der Waals surface area contributed by atoms with Crippen molar-refractivity contribution >= 4 is 0 Å². The van der Waals surface area contributed by atoms with Gasteiger partial charge in [-0.25, -0.2) is 0 Å². The van der Waals surface area contributed by atoms with Gasteiger partial charge in [-0.1, -0.05) is 12.1 Å². The molecule has 0 heterocycles. The van der Waals surface area contributed by atoms with Crippen LogP contribution < -0.4 is 4.74 Å². The molecule has 1 aromatic rings. The zero-order chi connectivity index (χ0) is 5.82. The Kier molecular flexibility index (Phi) is 1.52. The molecule has 8 heavy (non-hydrogen) atoms. The summed E-state index contributed by atoms with van der Waals surface area (Å²) in [7, 11) is 1.65. The highest BCUT2D eigenvalue weighted by molar-refractivity contribution is 5.19. The molecular weight excluding hydrogens is 100 g/mol. The molecule has 0 fully saturated rings. The van der Waals surface area contributed by atoms with Gasteiger partial charge in [0.1, 0.15) is 5.75 Å². The lowest BCUT2D eigenvalue weighted by molar-refractivity contribution is 0.415. The molecule has 0 aliphatic carbocycles. The summed E-state index contributed by atoms with van der Waals surface area (Å²) in [5.74, 6) is 0.878. The standard InChI is InChI=1S/C7H7O/c1-8-7-5-3-2-4-6-7/h3-6H,1H3. The van der Waals surface area contributed by atoms with E-state index in [9.17, 15) is 0 Å². The fraction of sp³-hybridized carbons (Fsp3) is 0.143. The smallest absolute Gasteiger partial charge is 0.118 e. The molecule has 0 aliphatic rings. The third-order valence-electron chi connectivity index (χ3n) is 0.923. The first-order valence-corrected chi connectivity index (χ1v) is 2.43. The maximum absolute atomic E-state index is 4.89. The van der Waals surface area contributed by atoms with Crippen molar-refractivity contribution in [1.82, 2.24) is 0 Å². The summed E-state index contributed by atoms with van der Waals surface area (Å²) in [5, 5.41) is 0. The maximum Gasteiger partial charge on any atom is 0.118 e. The Morgan fingerprint density at radius 2 is 2.00 bits per heavy atom. The molecule has 1 heteroatoms. The molecule has 0 saturated heterocycles. The van der Waals surface area contributed by atoms with Crippen molar-refractivity contribution in [2.24, 2.45) is 0 Å². The molecule has 0 atom stereocenters. The number of hydrogen-bond donors (Lipinski definition) is 0. The van der Waals surface area contributed by atoms with Gasteiger partial charge in [0.25, 0.3) is 0 Å². The Balaban J connectivity index is 2.83. The molecule has 0 amide bonds. The third-order valence-corrected chi connectivity index (χ3v) is 0.923. The zero-order valence-electron chi connectivity index (χ0n) is 4.72. The Morgan fingerprint density at radius 1 is 1.38 bits per heavy atom. The Labute approximate surface area is 48.9 Å². The van der Waals surface area contributed by atoms with Crippen LogP contribution in [0.25, 0.3) is 0 Å². The fourth-order valence-electron chi connectivity index (χ4n) is 0.508. The highest BCUT2D eigenvalue weighted by Gasteiger charge is 1.80. The molecule has 0 spiro atoms. The van der Waals surface area contributed by atoms with Crippen LogP contribution in [0.15, 0.2) is 24.3 Å². The number of rotatable bonds is 1. The Hall–Kier alpha value is -0.980. The fourth-order valence-corrected chi connectivity index (χ4v) is 0.508. The number of methoxy groups -OCH3 is 1. The summed E-state index contributed by atoms with van der Waals surface area (Å²) in [6, 6.07) is 10.2. The first-order valence-electron chi connectivity index (χ1n) is 2.43. The second-order valence-corrected chi connectivity index (χ2v) is 1.44. The highest BCUT2D eigenvalue weighted by Crippen LogP contribution is 2.05. The van der Waals surface area contributed by atoms with E-state index in [0.29, 0.717) is 0 Å². The van der Waals surface area contributed by atoms with Crippen molar-refractivity contribution in [3.8, 4) is 5.75 Å². The van der Waals surface area contributed by atoms with Gasteiger partial charge in [0.2, 0.25) is 0 Å². The summed E-state index contributed by atoms with van der Waals surface area (Å²) in [5.41, 5.74) is 0. The van der Waals surface area contributed by atoms with Crippen LogP contribution in [-0.2, 0) is 0 Å². The molecule has 0 unspecified atom stereocenters. The minimum Gasteiger partial charge on any atom is -0.497 e. The lowest BCUT2D eigenvalue weighted by Crippen LogP contribution is -1.78. The van der Waals surface area contributed by atoms with Crippen molar-refractivity contribution < 1.29 is 4.74 Å². The van der Waals surface area contributed by atoms with Gasteiger partial charge in [-0.15, -0.1) is 0 Å². The largest absolute Gasteiger partial charge is 0.497 e. The average Bonchev–Trinajstić information content (AvgIpc) is 1.90. The summed E-state index contributed by atoms with van der Waals surface area (Å²) < 4.78 is 4.89. The van der Waals surface area contributed by atoms with Gasteiger partial charge in [-0.05, 0) is 18.2 Å². The minimum absolute atomic E-state index is 0.878. The third kappa shape index (κ3) is 0.997. The molecule has 0 saturated carbocycles. The van der Waals surface area contributed by atoms with E-state index in [0.717, 1.165) is 5.75 Å². The Morgan fingerprint density at radius 3 is 2.38 bits per heavy atom. The highest BCUT2D eigenvalue weighted by atomic mass is 16.5. The summed E-state index contributed by atoms with van der Waals surface area (Å²) in [6.45, 7) is 0. The molecular formula is C7H7O. The van der Waals surface area contributed by atoms with Gasteiger partial charge in [-0.3, -0.25) is 0 Å². The van der Waals surface area contributed by atoms with E-state index in [2.05, 4.69) is 6.07 Å². The monoisotopic (exact) mass is 107 g/mol. The minimum atomic E-state index is 0.878. The molecule has 0 bridgehead atoms. The Bertz CT molecular complexity index is 146. The van der Waals surface area contributed by atoms with E-state index in [1.807, 2.05) is 24.3 Å². The topological polar surface area (TPSA) is 9.23 Å². The van der Waals surface area contributed by atoms with Gasteiger partial charge in [0.05, 0.1) is 7.11 Å². The number of benzene rings is 1. The second kappa shape index (κ2) is 2.36. The lowest BCUT2D eigenvalue weighted by atomic mass is 10.3. The zero-order valence-corrected chi connectivity index (χ0v) is 4.72. The molecule has 0 aromatic heterocycles. The summed E-state index contributed by atoms with van der Waals surface area (Å²) >= 11 is 0. The van der Waals surface area contributed by atoms with Crippen molar-refractivity contribution in [3.63, 3.8) is 0 Å². The molecule has 0 aliphatic heterocycles. The van der Waals surface area contributed by atoms with Gasteiger partial charge in [0, 0.05) is 0 Å². The quantitative estimate of drug-likeness (QED) is 0.528. The van der Waals surface area contributed by atoms with E-state index < -0.39 is 0 Å². The van der Waals surface area contributed by atoms with Crippen LogP contribution in [0.3, 0.4) is 0 Å². The SMILES string of the molecule is COc1cc[c]cc1. The van der Waals surface area contributed by atoms with E-state index >= 15 is 0 Å². The van der Waals surface area contributed by atoms with Crippen LogP contribution in [0.2, 0.25) is 0 Å². The van der Waals surface area contributed by atoms with Gasteiger partial charge >= 0.3 is 0 Å². The first-order chi connectivity index (χ1) is 3.93. The van der Waals surface area contributed by atoms with Crippen LogP contribution in [0, 0.1) is 6.07 Å². The molecule has 0 N–H and O–H groups in total. The molecule has 1 nitrogen and oxygen atoms in total. The predicted octanol–water partition coefficient (Wildman–Crippen LogP) is 1.50. The van der Waals surface area contributed by atoms with Crippen molar-refractivity contribution in [1.29, 1.82) is 0 Å². The van der Waals surface area contributed by atoms with Gasteiger partial charge in [-0.2, -0.15) is 0 Å². The van der Waals surface area contributed by atoms with Crippen LogP contribution in [0.5, 0.6) is 5.75 Å². The van der Waals surface area contributed by atoms with Gasteiger partial charge in [0.15, 0.2) is 0 Å². The van der Waals surface area contributed by atoms with Crippen molar-refractivity contribution in [2.75, 3.05) is 7.11 Å². The second-order valence-electron chi connectivity index (χ2n) is 1.44.